The molecule has 0 radical (unpaired) electrons. The highest BCUT2D eigenvalue weighted by atomic mass is 16.5. The van der Waals surface area contributed by atoms with Crippen LogP contribution in [0.4, 0.5) is 0 Å². The van der Waals surface area contributed by atoms with Gasteiger partial charge in [-0.15, -0.1) is 0 Å². The predicted octanol–water partition coefficient (Wildman–Crippen LogP) is 2.92. The van der Waals surface area contributed by atoms with Crippen molar-refractivity contribution in [3.05, 3.63) is 29.3 Å². The molecule has 94 valence electrons. The second-order valence-electron chi connectivity index (χ2n) is 4.57. The van der Waals surface area contributed by atoms with Gasteiger partial charge in [0.1, 0.15) is 12.4 Å². The Morgan fingerprint density at radius 2 is 1.94 bits per heavy atom. The van der Waals surface area contributed by atoms with Gasteiger partial charge in [-0.3, -0.25) is 4.79 Å². The van der Waals surface area contributed by atoms with Crippen LogP contribution in [0.5, 0.6) is 5.75 Å². The van der Waals surface area contributed by atoms with Gasteiger partial charge in [0.05, 0.1) is 11.1 Å². The minimum atomic E-state index is -0.317. The lowest BCUT2D eigenvalue weighted by molar-refractivity contribution is 0.0908. The van der Waals surface area contributed by atoms with E-state index in [4.69, 9.17) is 4.74 Å². The van der Waals surface area contributed by atoms with Crippen LogP contribution in [0.1, 0.15) is 43.6 Å². The van der Waals surface area contributed by atoms with Gasteiger partial charge in [0.15, 0.2) is 0 Å². The summed E-state index contributed by atoms with van der Waals surface area (Å²) in [6, 6.07) is 5.66. The van der Waals surface area contributed by atoms with Crippen LogP contribution >= 0.6 is 0 Å². The number of nitrogens with one attached hydrogen (secondary N) is 1. The number of hydrogen-bond acceptors (Lipinski definition) is 2. The summed E-state index contributed by atoms with van der Waals surface area (Å²) in [5.74, 6) is 0.628. The maximum Gasteiger partial charge on any atom is 0.255 e. The molecule has 2 rings (SSSR count). The van der Waals surface area contributed by atoms with Gasteiger partial charge < -0.3 is 10.1 Å². The Morgan fingerprint density at radius 3 is 2.59 bits per heavy atom. The zero-order chi connectivity index (χ0) is 13.1. The SMILES string of the molecule is CC.Cc1cccc2c1C(=O)NC(C)(C)CO2. The van der Waals surface area contributed by atoms with E-state index in [1.807, 2.05) is 52.8 Å². The molecule has 0 saturated heterocycles. The standard InChI is InChI=1S/C12H15NO2.C2H6/c1-8-5-4-6-9-10(8)11(14)13-12(2,3)7-15-9;1-2/h4-6H,7H2,1-3H3,(H,13,14);1-2H3. The minimum Gasteiger partial charge on any atom is -0.490 e. The average molecular weight is 235 g/mol. The van der Waals surface area contributed by atoms with Crippen LogP contribution in [0.15, 0.2) is 18.2 Å². The Balaban J connectivity index is 0.000000686. The molecule has 17 heavy (non-hydrogen) atoms. The lowest BCUT2D eigenvalue weighted by atomic mass is 10.1. The van der Waals surface area contributed by atoms with Crippen molar-refractivity contribution in [1.29, 1.82) is 0 Å². The average Bonchev–Trinajstić information content (AvgIpc) is 2.39. The van der Waals surface area contributed by atoms with Crippen LogP contribution < -0.4 is 10.1 Å². The molecular weight excluding hydrogens is 214 g/mol. The Bertz CT molecular complexity index is 411. The molecular formula is C14H21NO2. The Morgan fingerprint density at radius 1 is 1.29 bits per heavy atom. The van der Waals surface area contributed by atoms with Crippen molar-refractivity contribution in [2.45, 2.75) is 40.2 Å². The smallest absolute Gasteiger partial charge is 0.255 e. The Kier molecular flexibility index (Phi) is 4.16. The summed E-state index contributed by atoms with van der Waals surface area (Å²) in [5, 5.41) is 2.95. The van der Waals surface area contributed by atoms with Gasteiger partial charge in [-0.05, 0) is 32.4 Å². The van der Waals surface area contributed by atoms with E-state index < -0.39 is 0 Å². The summed E-state index contributed by atoms with van der Waals surface area (Å²) >= 11 is 0. The van der Waals surface area contributed by atoms with Gasteiger partial charge in [0, 0.05) is 0 Å². The molecule has 1 aliphatic heterocycles. The third-order valence-electron chi connectivity index (χ3n) is 2.50. The molecule has 1 amide bonds. The number of ether oxygens (including phenoxy) is 1. The quantitative estimate of drug-likeness (QED) is 0.751. The molecule has 0 aromatic heterocycles. The van der Waals surface area contributed by atoms with Gasteiger partial charge in [0.25, 0.3) is 5.91 Å². The van der Waals surface area contributed by atoms with Gasteiger partial charge in [0.2, 0.25) is 0 Å². The first-order valence-corrected chi connectivity index (χ1v) is 6.04. The summed E-state index contributed by atoms with van der Waals surface area (Å²) in [6.45, 7) is 10.3. The highest BCUT2D eigenvalue weighted by Crippen LogP contribution is 2.26. The zero-order valence-corrected chi connectivity index (χ0v) is 11.3. The summed E-state index contributed by atoms with van der Waals surface area (Å²) in [4.78, 5) is 12.0. The molecule has 1 aromatic rings. The third-order valence-corrected chi connectivity index (χ3v) is 2.50. The first kappa shape index (κ1) is 13.6. The molecule has 1 heterocycles. The Labute approximate surface area is 103 Å². The van der Waals surface area contributed by atoms with Crippen molar-refractivity contribution < 1.29 is 9.53 Å². The first-order valence-electron chi connectivity index (χ1n) is 6.04. The normalized spacial score (nSPS) is 16.6. The third kappa shape index (κ3) is 2.99. The summed E-state index contributed by atoms with van der Waals surface area (Å²) in [7, 11) is 0. The maximum absolute atomic E-state index is 12.0. The number of fused-ring (bicyclic) bond motifs is 1. The fraction of sp³-hybridized carbons (Fsp3) is 0.500. The molecule has 0 saturated carbocycles. The van der Waals surface area contributed by atoms with Gasteiger partial charge in [-0.2, -0.15) is 0 Å². The van der Waals surface area contributed by atoms with Gasteiger partial charge in [-0.1, -0.05) is 26.0 Å². The van der Waals surface area contributed by atoms with E-state index in [1.165, 1.54) is 0 Å². The second kappa shape index (κ2) is 5.21. The van der Waals surface area contributed by atoms with Crippen LogP contribution in [0.25, 0.3) is 0 Å². The van der Waals surface area contributed by atoms with E-state index in [0.717, 1.165) is 5.56 Å². The van der Waals surface area contributed by atoms with Crippen molar-refractivity contribution in [1.82, 2.24) is 5.32 Å². The zero-order valence-electron chi connectivity index (χ0n) is 11.3. The molecule has 1 aliphatic rings. The molecule has 1 aromatic carbocycles. The minimum absolute atomic E-state index is 0.0504. The number of hydrogen-bond donors (Lipinski definition) is 1. The number of rotatable bonds is 0. The number of carbonyl (C=O) groups is 1. The summed E-state index contributed by atoms with van der Waals surface area (Å²) < 4.78 is 5.63. The molecule has 1 N–H and O–H groups in total. The Hall–Kier alpha value is -1.51. The van der Waals surface area contributed by atoms with Crippen molar-refractivity contribution in [2.24, 2.45) is 0 Å². The lowest BCUT2D eigenvalue weighted by Gasteiger charge is -2.22. The van der Waals surface area contributed by atoms with E-state index in [9.17, 15) is 4.79 Å². The van der Waals surface area contributed by atoms with Crippen LogP contribution in [-0.4, -0.2) is 18.1 Å². The topological polar surface area (TPSA) is 38.3 Å². The largest absolute Gasteiger partial charge is 0.490 e. The first-order chi connectivity index (χ1) is 7.99. The van der Waals surface area contributed by atoms with Crippen LogP contribution in [0.2, 0.25) is 0 Å². The molecule has 3 nitrogen and oxygen atoms in total. The van der Waals surface area contributed by atoms with E-state index in [1.54, 1.807) is 0 Å². The number of carbonyl (C=O) groups excluding carboxylic acids is 1. The lowest BCUT2D eigenvalue weighted by Crippen LogP contribution is -2.45. The summed E-state index contributed by atoms with van der Waals surface area (Å²) in [5.41, 5.74) is 1.29. The van der Waals surface area contributed by atoms with E-state index >= 15 is 0 Å². The van der Waals surface area contributed by atoms with E-state index in [0.29, 0.717) is 17.9 Å². The van der Waals surface area contributed by atoms with Crippen molar-refractivity contribution >= 4 is 5.91 Å². The van der Waals surface area contributed by atoms with Gasteiger partial charge in [-0.25, -0.2) is 0 Å². The van der Waals surface area contributed by atoms with E-state index in [-0.39, 0.29) is 11.4 Å². The van der Waals surface area contributed by atoms with Crippen molar-refractivity contribution in [3.63, 3.8) is 0 Å². The fourth-order valence-electron chi connectivity index (χ4n) is 1.72. The maximum atomic E-state index is 12.0. The molecule has 0 spiro atoms. The van der Waals surface area contributed by atoms with Crippen LogP contribution in [0.3, 0.4) is 0 Å². The molecule has 0 aliphatic carbocycles. The van der Waals surface area contributed by atoms with E-state index in [2.05, 4.69) is 5.32 Å². The number of amides is 1. The molecule has 0 unspecified atom stereocenters. The number of benzene rings is 1. The van der Waals surface area contributed by atoms with Crippen molar-refractivity contribution in [2.75, 3.05) is 6.61 Å². The monoisotopic (exact) mass is 235 g/mol. The number of aryl methyl sites for hydroxylation is 1. The van der Waals surface area contributed by atoms with Crippen LogP contribution in [-0.2, 0) is 0 Å². The van der Waals surface area contributed by atoms with Crippen molar-refractivity contribution in [3.8, 4) is 5.75 Å². The summed E-state index contributed by atoms with van der Waals surface area (Å²) in [6.07, 6.45) is 0. The van der Waals surface area contributed by atoms with Crippen LogP contribution in [0, 0.1) is 6.92 Å². The molecule has 0 bridgehead atoms. The second-order valence-corrected chi connectivity index (χ2v) is 4.57. The van der Waals surface area contributed by atoms with Gasteiger partial charge >= 0.3 is 0 Å². The molecule has 0 fully saturated rings. The highest BCUT2D eigenvalue weighted by Gasteiger charge is 2.28. The fourth-order valence-corrected chi connectivity index (χ4v) is 1.72. The molecule has 0 atom stereocenters. The predicted molar refractivity (Wildman–Crippen MR) is 69.6 cm³/mol. The highest BCUT2D eigenvalue weighted by molar-refractivity contribution is 5.99. The molecule has 3 heteroatoms.